The van der Waals surface area contributed by atoms with Gasteiger partial charge in [0.05, 0.1) is 0 Å². The Hall–Kier alpha value is -3.36. The molecule has 0 spiro atoms. The van der Waals surface area contributed by atoms with Crippen LogP contribution in [-0.4, -0.2) is 42.0 Å². The van der Waals surface area contributed by atoms with Crippen LogP contribution in [0.5, 0.6) is 0 Å². The maximum atomic E-state index is 13.2. The number of alkyl halides is 3. The molecule has 0 bridgehead atoms. The zero-order valence-corrected chi connectivity index (χ0v) is 15.2. The molecule has 1 aliphatic rings. The van der Waals surface area contributed by atoms with Crippen molar-refractivity contribution in [3.63, 3.8) is 0 Å². The molecule has 3 rings (SSSR count). The molecule has 2 aromatic carbocycles. The molecule has 9 heteroatoms. The molecule has 29 heavy (non-hydrogen) atoms. The third-order valence-corrected chi connectivity index (χ3v) is 4.54. The zero-order valence-electron chi connectivity index (χ0n) is 15.2. The van der Waals surface area contributed by atoms with Crippen molar-refractivity contribution >= 4 is 17.8 Å². The molecule has 1 fully saturated rings. The molecule has 0 aliphatic carbocycles. The highest BCUT2D eigenvalue weighted by Gasteiger charge is 2.52. The molecule has 2 aromatic rings. The summed E-state index contributed by atoms with van der Waals surface area (Å²) >= 11 is 0. The molecule has 152 valence electrons. The van der Waals surface area contributed by atoms with Crippen molar-refractivity contribution in [2.45, 2.75) is 18.1 Å². The van der Waals surface area contributed by atoms with Gasteiger partial charge in [0.2, 0.25) is 5.91 Å². The Balaban J connectivity index is 1.87. The fourth-order valence-corrected chi connectivity index (χ4v) is 3.21. The van der Waals surface area contributed by atoms with Crippen LogP contribution in [0, 0.1) is 0 Å². The van der Waals surface area contributed by atoms with Gasteiger partial charge in [-0.1, -0.05) is 60.7 Å². The van der Waals surface area contributed by atoms with Gasteiger partial charge in [0, 0.05) is 6.42 Å². The minimum atomic E-state index is -4.59. The summed E-state index contributed by atoms with van der Waals surface area (Å²) in [5, 5.41) is 4.31. The monoisotopic (exact) mass is 405 g/mol. The molecular weight excluding hydrogens is 387 g/mol. The van der Waals surface area contributed by atoms with Crippen molar-refractivity contribution in [1.29, 1.82) is 0 Å². The fourth-order valence-electron chi connectivity index (χ4n) is 3.21. The molecule has 0 saturated carbocycles. The second kappa shape index (κ2) is 7.94. The topological polar surface area (TPSA) is 78.5 Å². The van der Waals surface area contributed by atoms with E-state index in [1.54, 1.807) is 59.9 Å². The van der Waals surface area contributed by atoms with Gasteiger partial charge in [-0.25, -0.2) is 4.79 Å². The first kappa shape index (κ1) is 20.4. The summed E-state index contributed by atoms with van der Waals surface area (Å²) in [7, 11) is 0. The van der Waals surface area contributed by atoms with Crippen molar-refractivity contribution in [1.82, 2.24) is 15.5 Å². The Morgan fingerprint density at radius 3 is 2.17 bits per heavy atom. The second-order valence-electron chi connectivity index (χ2n) is 6.65. The Morgan fingerprint density at radius 2 is 1.59 bits per heavy atom. The van der Waals surface area contributed by atoms with E-state index in [-0.39, 0.29) is 6.42 Å². The number of rotatable bonds is 6. The Labute approximate surface area is 164 Å². The van der Waals surface area contributed by atoms with E-state index in [1.807, 2.05) is 6.07 Å². The number of benzene rings is 2. The highest BCUT2D eigenvalue weighted by molar-refractivity contribution is 6.09. The van der Waals surface area contributed by atoms with E-state index in [0.29, 0.717) is 10.5 Å². The molecular formula is C20H18F3N3O3. The Kier molecular flexibility index (Phi) is 5.58. The minimum Gasteiger partial charge on any atom is -0.345 e. The van der Waals surface area contributed by atoms with Gasteiger partial charge < -0.3 is 10.6 Å². The third kappa shape index (κ3) is 4.56. The number of imide groups is 1. The summed E-state index contributed by atoms with van der Waals surface area (Å²) in [5.41, 5.74) is -0.168. The van der Waals surface area contributed by atoms with E-state index < -0.39 is 42.7 Å². The molecule has 4 amide bonds. The van der Waals surface area contributed by atoms with E-state index in [0.717, 1.165) is 5.56 Å². The maximum absolute atomic E-state index is 13.2. The van der Waals surface area contributed by atoms with Crippen LogP contribution in [0.1, 0.15) is 11.1 Å². The van der Waals surface area contributed by atoms with E-state index in [9.17, 15) is 27.6 Å². The number of halogens is 3. The number of carbonyl (C=O) groups excluding carboxylic acids is 3. The van der Waals surface area contributed by atoms with Crippen molar-refractivity contribution in [3.8, 4) is 0 Å². The van der Waals surface area contributed by atoms with Gasteiger partial charge in [0.25, 0.3) is 5.91 Å². The lowest BCUT2D eigenvalue weighted by atomic mass is 9.83. The van der Waals surface area contributed by atoms with Gasteiger partial charge in [-0.05, 0) is 11.1 Å². The number of amides is 4. The van der Waals surface area contributed by atoms with Crippen molar-refractivity contribution in [2.75, 3.05) is 13.1 Å². The highest BCUT2D eigenvalue weighted by atomic mass is 19.4. The average molecular weight is 405 g/mol. The Morgan fingerprint density at radius 1 is 1.00 bits per heavy atom. The molecule has 1 saturated heterocycles. The first-order valence-corrected chi connectivity index (χ1v) is 8.78. The van der Waals surface area contributed by atoms with Gasteiger partial charge in [-0.2, -0.15) is 13.2 Å². The fraction of sp³-hybridized carbons (Fsp3) is 0.250. The lowest BCUT2D eigenvalue weighted by molar-refractivity contribution is -0.141. The van der Waals surface area contributed by atoms with E-state index >= 15 is 0 Å². The van der Waals surface area contributed by atoms with Gasteiger partial charge in [-0.15, -0.1) is 0 Å². The molecule has 1 atom stereocenters. The second-order valence-corrected chi connectivity index (χ2v) is 6.65. The summed E-state index contributed by atoms with van der Waals surface area (Å²) in [6, 6.07) is 16.7. The zero-order chi connectivity index (χ0) is 21.1. The maximum Gasteiger partial charge on any atom is 0.405 e. The number of hydrogen-bond donors (Lipinski definition) is 2. The van der Waals surface area contributed by atoms with Gasteiger partial charge in [0.15, 0.2) is 5.54 Å². The Bertz CT molecular complexity index is 903. The summed E-state index contributed by atoms with van der Waals surface area (Å²) in [6.07, 6.45) is -4.46. The largest absolute Gasteiger partial charge is 0.405 e. The number of nitrogens with zero attached hydrogens (tertiary/aromatic N) is 1. The average Bonchev–Trinajstić information content (AvgIpc) is 2.92. The minimum absolute atomic E-state index is 0.128. The van der Waals surface area contributed by atoms with Gasteiger partial charge >= 0.3 is 12.2 Å². The van der Waals surface area contributed by atoms with Crippen molar-refractivity contribution in [2.24, 2.45) is 0 Å². The van der Waals surface area contributed by atoms with Crippen LogP contribution >= 0.6 is 0 Å². The lowest BCUT2D eigenvalue weighted by Gasteiger charge is -2.27. The van der Waals surface area contributed by atoms with E-state index in [2.05, 4.69) is 5.32 Å². The lowest BCUT2D eigenvalue weighted by Crippen LogP contribution is -2.47. The SMILES string of the molecule is O=C(CN1C(=O)N[C@@](Cc2ccccc2)(c2ccccc2)C1=O)NCC(F)(F)F. The first-order chi connectivity index (χ1) is 13.7. The molecule has 0 aromatic heterocycles. The van der Waals surface area contributed by atoms with Crippen LogP contribution in [-0.2, 0) is 21.5 Å². The van der Waals surface area contributed by atoms with Crippen molar-refractivity contribution in [3.05, 3.63) is 71.8 Å². The molecule has 1 aliphatic heterocycles. The quantitative estimate of drug-likeness (QED) is 0.725. The van der Waals surface area contributed by atoms with E-state index in [1.165, 1.54) is 0 Å². The van der Waals surface area contributed by atoms with Crippen LogP contribution < -0.4 is 10.6 Å². The smallest absolute Gasteiger partial charge is 0.345 e. The van der Waals surface area contributed by atoms with Crippen LogP contribution in [0.15, 0.2) is 60.7 Å². The van der Waals surface area contributed by atoms with E-state index in [4.69, 9.17) is 0 Å². The molecule has 6 nitrogen and oxygen atoms in total. The summed E-state index contributed by atoms with van der Waals surface area (Å²) in [6.45, 7) is -2.34. The third-order valence-electron chi connectivity index (χ3n) is 4.54. The molecule has 2 N–H and O–H groups in total. The molecule has 0 unspecified atom stereocenters. The standard InChI is InChI=1S/C20H18F3N3O3/c21-20(22,23)13-24-16(27)12-26-17(28)19(25-18(26)29,15-9-5-2-6-10-15)11-14-7-3-1-4-8-14/h1-10H,11-13H2,(H,24,27)(H,25,29)/t19-/m0/s1. The van der Waals surface area contributed by atoms with Gasteiger partial charge in [0.1, 0.15) is 13.1 Å². The number of nitrogens with one attached hydrogen (secondary N) is 2. The predicted molar refractivity (Wildman–Crippen MR) is 97.6 cm³/mol. The number of urea groups is 1. The summed E-state index contributed by atoms with van der Waals surface area (Å²) < 4.78 is 36.9. The predicted octanol–water partition coefficient (Wildman–Crippen LogP) is 2.35. The summed E-state index contributed by atoms with van der Waals surface area (Å²) in [5.74, 6) is -1.77. The van der Waals surface area contributed by atoms with Crippen molar-refractivity contribution < 1.29 is 27.6 Å². The summed E-state index contributed by atoms with van der Waals surface area (Å²) in [4.78, 5) is 38.2. The molecule has 0 radical (unpaired) electrons. The molecule has 1 heterocycles. The van der Waals surface area contributed by atoms with Gasteiger partial charge in [-0.3, -0.25) is 14.5 Å². The normalized spacial score (nSPS) is 19.2. The first-order valence-electron chi connectivity index (χ1n) is 8.78. The number of hydrogen-bond acceptors (Lipinski definition) is 3. The van der Waals surface area contributed by atoms with Crippen LogP contribution in [0.25, 0.3) is 0 Å². The van der Waals surface area contributed by atoms with Crippen LogP contribution in [0.4, 0.5) is 18.0 Å². The number of carbonyl (C=O) groups is 3. The van der Waals surface area contributed by atoms with Crippen LogP contribution in [0.2, 0.25) is 0 Å². The highest BCUT2D eigenvalue weighted by Crippen LogP contribution is 2.32. The van der Waals surface area contributed by atoms with Crippen LogP contribution in [0.3, 0.4) is 0 Å².